The van der Waals surface area contributed by atoms with Crippen molar-refractivity contribution >= 4 is 11.7 Å². The number of carbonyl (C=O) groups is 1. The van der Waals surface area contributed by atoms with E-state index in [1.807, 2.05) is 0 Å². The van der Waals surface area contributed by atoms with E-state index in [1.165, 1.54) is 24.3 Å². The van der Waals surface area contributed by atoms with Gasteiger partial charge in [0.1, 0.15) is 30.2 Å². The Morgan fingerprint density at radius 1 is 1.07 bits per heavy atom. The summed E-state index contributed by atoms with van der Waals surface area (Å²) in [6.07, 6.45) is -7.29. The normalized spacial score (nSPS) is 26.7. The zero-order valence-electron chi connectivity index (χ0n) is 15.0. The summed E-state index contributed by atoms with van der Waals surface area (Å²) in [7, 11) is 0. The van der Waals surface area contributed by atoms with Crippen LogP contribution in [0.15, 0.2) is 42.5 Å². The van der Waals surface area contributed by atoms with E-state index >= 15 is 0 Å². The highest BCUT2D eigenvalue weighted by molar-refractivity contribution is 5.91. The van der Waals surface area contributed by atoms with Crippen molar-refractivity contribution in [2.45, 2.75) is 30.7 Å². The van der Waals surface area contributed by atoms with Crippen molar-refractivity contribution in [3.8, 4) is 16.9 Å². The van der Waals surface area contributed by atoms with Crippen LogP contribution in [0.25, 0.3) is 11.1 Å². The molecule has 1 fully saturated rings. The Morgan fingerprint density at radius 3 is 2.45 bits per heavy atom. The van der Waals surface area contributed by atoms with Crippen molar-refractivity contribution < 1.29 is 45.0 Å². The standard InChI is InChI=1S/C19H19NO9/c21-8-14-15(22)16(23)17(24)19(29-14)28-13-4-2-1-3-12(13)9-5-10(18(25)26)7-11(6-9)20-27/h1-7,14-17,19,21-24H,8H2,(H,25,26)/p+1/t14-,15+,16+,17-,19-/m1/s1. The highest BCUT2D eigenvalue weighted by Crippen LogP contribution is 2.34. The van der Waals surface area contributed by atoms with Gasteiger partial charge in [0.25, 0.3) is 5.69 Å². The minimum absolute atomic E-state index is 0.0301. The van der Waals surface area contributed by atoms with E-state index in [-0.39, 0.29) is 17.0 Å². The third kappa shape index (κ3) is 4.26. The smallest absolute Gasteiger partial charge is 0.335 e. The average Bonchev–Trinajstić information content (AvgIpc) is 2.74. The van der Waals surface area contributed by atoms with Crippen LogP contribution in [0.4, 0.5) is 5.69 Å². The first kappa shape index (κ1) is 20.8. The SMILES string of the molecule is O=[NH+]c1cc(C(=O)O)cc(-c2ccccc2O[C@@H]2O[C@H](CO)[C@H](O)[C@H](O)[C@H]2O)c1. The van der Waals surface area contributed by atoms with Gasteiger partial charge in [-0.05, 0) is 17.7 Å². The van der Waals surface area contributed by atoms with E-state index in [9.17, 15) is 35.2 Å². The topological polar surface area (TPSA) is 168 Å². The van der Waals surface area contributed by atoms with Crippen LogP contribution in [0.1, 0.15) is 10.4 Å². The molecule has 3 rings (SSSR count). The number of aliphatic hydroxyl groups is 4. The number of nitroso groups, excluding NO2 is 1. The molecule has 0 radical (unpaired) electrons. The molecule has 1 aliphatic heterocycles. The van der Waals surface area contributed by atoms with E-state index in [0.717, 1.165) is 0 Å². The van der Waals surface area contributed by atoms with Gasteiger partial charge in [0.2, 0.25) is 6.29 Å². The fraction of sp³-hybridized carbons (Fsp3) is 0.316. The van der Waals surface area contributed by atoms with Gasteiger partial charge in [-0.1, -0.05) is 18.2 Å². The van der Waals surface area contributed by atoms with Crippen LogP contribution in [0.5, 0.6) is 5.75 Å². The molecule has 10 nitrogen and oxygen atoms in total. The number of aromatic carboxylic acids is 1. The number of carboxylic acid groups (broad SMARTS) is 1. The summed E-state index contributed by atoms with van der Waals surface area (Å²) in [5.74, 6) is -1.06. The maximum Gasteiger partial charge on any atom is 0.335 e. The van der Waals surface area contributed by atoms with Crippen molar-refractivity contribution in [2.24, 2.45) is 0 Å². The van der Waals surface area contributed by atoms with Crippen LogP contribution in [0, 0.1) is 4.91 Å². The molecule has 0 amide bonds. The fourth-order valence-corrected chi connectivity index (χ4v) is 3.06. The molecule has 0 aromatic heterocycles. The monoisotopic (exact) mass is 406 g/mol. The van der Waals surface area contributed by atoms with Crippen molar-refractivity contribution in [3.63, 3.8) is 0 Å². The summed E-state index contributed by atoms with van der Waals surface area (Å²) >= 11 is 0. The first-order valence-electron chi connectivity index (χ1n) is 8.68. The van der Waals surface area contributed by atoms with E-state index in [2.05, 4.69) is 0 Å². The van der Waals surface area contributed by atoms with Crippen LogP contribution < -0.4 is 9.91 Å². The highest BCUT2D eigenvalue weighted by atomic mass is 16.7. The van der Waals surface area contributed by atoms with E-state index in [0.29, 0.717) is 11.1 Å². The third-order valence-corrected chi connectivity index (χ3v) is 4.59. The van der Waals surface area contributed by atoms with Gasteiger partial charge in [-0.2, -0.15) is 0 Å². The van der Waals surface area contributed by atoms with Gasteiger partial charge in [-0.25, -0.2) is 4.79 Å². The van der Waals surface area contributed by atoms with Crippen LogP contribution in [-0.2, 0) is 4.74 Å². The van der Waals surface area contributed by atoms with Crippen LogP contribution in [0.2, 0.25) is 0 Å². The Bertz CT molecular complexity index is 901. The number of para-hydroxylation sites is 1. The summed E-state index contributed by atoms with van der Waals surface area (Å²) in [6, 6.07) is 10.4. The van der Waals surface area contributed by atoms with Crippen molar-refractivity contribution in [1.29, 1.82) is 0 Å². The lowest BCUT2D eigenvalue weighted by molar-refractivity contribution is -0.379. The summed E-state index contributed by atoms with van der Waals surface area (Å²) in [5, 5.41) is 50.2. The van der Waals surface area contributed by atoms with Crippen molar-refractivity contribution in [2.75, 3.05) is 6.61 Å². The van der Waals surface area contributed by atoms with E-state index in [4.69, 9.17) is 9.47 Å². The quantitative estimate of drug-likeness (QED) is 0.342. The number of benzene rings is 2. The molecule has 1 heterocycles. The number of hydrogen-bond acceptors (Lipinski definition) is 8. The Hall–Kier alpha value is -2.89. The number of carboxylic acids is 1. The Kier molecular flexibility index (Phi) is 6.20. The molecule has 1 aliphatic rings. The molecule has 0 bridgehead atoms. The number of rotatable bonds is 6. The van der Waals surface area contributed by atoms with Gasteiger partial charge in [-0.3, -0.25) is 0 Å². The minimum atomic E-state index is -1.61. The lowest BCUT2D eigenvalue weighted by Gasteiger charge is -2.39. The van der Waals surface area contributed by atoms with Gasteiger partial charge in [0.05, 0.1) is 12.2 Å². The molecule has 29 heavy (non-hydrogen) atoms. The van der Waals surface area contributed by atoms with Gasteiger partial charge < -0.3 is 35.0 Å². The molecule has 2 aromatic carbocycles. The van der Waals surface area contributed by atoms with Gasteiger partial charge >= 0.3 is 5.97 Å². The average molecular weight is 406 g/mol. The maximum atomic E-state index is 11.3. The number of ether oxygens (including phenoxy) is 2. The Balaban J connectivity index is 1.97. The van der Waals surface area contributed by atoms with Crippen LogP contribution >= 0.6 is 0 Å². The first-order chi connectivity index (χ1) is 13.8. The molecule has 154 valence electrons. The summed E-state index contributed by atoms with van der Waals surface area (Å²) in [4.78, 5) is 22.4. The molecule has 10 heteroatoms. The largest absolute Gasteiger partial charge is 0.478 e. The number of aliphatic hydroxyl groups excluding tert-OH is 4. The molecule has 2 aromatic rings. The highest BCUT2D eigenvalue weighted by Gasteiger charge is 2.44. The predicted octanol–water partition coefficient (Wildman–Crippen LogP) is -1.29. The van der Waals surface area contributed by atoms with Crippen molar-refractivity contribution in [3.05, 3.63) is 52.9 Å². The van der Waals surface area contributed by atoms with Gasteiger partial charge in [0, 0.05) is 27.8 Å². The molecule has 6 N–H and O–H groups in total. The molecule has 0 aliphatic carbocycles. The predicted molar refractivity (Wildman–Crippen MR) is 97.2 cm³/mol. The molecule has 1 saturated heterocycles. The minimum Gasteiger partial charge on any atom is -0.478 e. The molecule has 0 unspecified atom stereocenters. The summed E-state index contributed by atoms with van der Waals surface area (Å²) < 4.78 is 11.0. The second-order valence-electron chi connectivity index (χ2n) is 6.52. The molecular weight excluding hydrogens is 386 g/mol. The Labute approximate surface area is 164 Å². The van der Waals surface area contributed by atoms with E-state index < -0.39 is 43.3 Å². The summed E-state index contributed by atoms with van der Waals surface area (Å²) in [5.41, 5.74) is 0.651. The molecule has 0 saturated carbocycles. The van der Waals surface area contributed by atoms with E-state index in [1.54, 1.807) is 23.4 Å². The van der Waals surface area contributed by atoms with Gasteiger partial charge in [0.15, 0.2) is 0 Å². The Morgan fingerprint density at radius 2 is 1.79 bits per heavy atom. The first-order valence-corrected chi connectivity index (χ1v) is 8.68. The van der Waals surface area contributed by atoms with Crippen molar-refractivity contribution in [1.82, 2.24) is 0 Å². The maximum absolute atomic E-state index is 11.3. The lowest BCUT2D eigenvalue weighted by atomic mass is 9.99. The second-order valence-corrected chi connectivity index (χ2v) is 6.52. The molecular formula is C19H20NO9+. The zero-order chi connectivity index (χ0) is 21.1. The molecule has 5 atom stereocenters. The molecule has 0 spiro atoms. The van der Waals surface area contributed by atoms with Crippen LogP contribution in [0.3, 0.4) is 0 Å². The third-order valence-electron chi connectivity index (χ3n) is 4.59. The summed E-state index contributed by atoms with van der Waals surface area (Å²) in [6.45, 7) is -0.606. The van der Waals surface area contributed by atoms with Crippen LogP contribution in [-0.4, -0.2) is 68.8 Å². The zero-order valence-corrected chi connectivity index (χ0v) is 15.0. The number of nitrogens with one attached hydrogen (secondary N) is 1. The number of hydrogen-bond donors (Lipinski definition) is 6. The lowest BCUT2D eigenvalue weighted by Crippen LogP contribution is -2.60. The van der Waals surface area contributed by atoms with Gasteiger partial charge in [-0.15, -0.1) is 0 Å². The fourth-order valence-electron chi connectivity index (χ4n) is 3.06. The second kappa shape index (κ2) is 8.64.